The highest BCUT2D eigenvalue weighted by Gasteiger charge is 2.35. The molecule has 40 heavy (non-hydrogen) atoms. The van der Waals surface area contributed by atoms with Crippen LogP contribution in [-0.4, -0.2) is 44.8 Å². The van der Waals surface area contributed by atoms with E-state index in [0.717, 1.165) is 37.0 Å². The summed E-state index contributed by atoms with van der Waals surface area (Å²) in [6.45, 7) is 2.06. The van der Waals surface area contributed by atoms with E-state index in [9.17, 15) is 31.2 Å². The fourth-order valence-corrected chi connectivity index (χ4v) is 6.04. The third-order valence-electron chi connectivity index (χ3n) is 6.51. The second-order valence-electron chi connectivity index (χ2n) is 9.43. The molecule has 0 spiro atoms. The predicted molar refractivity (Wildman–Crippen MR) is 147 cm³/mol. The molecule has 0 radical (unpaired) electrons. The van der Waals surface area contributed by atoms with Gasteiger partial charge >= 0.3 is 6.18 Å². The Kier molecular flexibility index (Phi) is 8.74. The van der Waals surface area contributed by atoms with Crippen molar-refractivity contribution < 1.29 is 31.2 Å². The zero-order chi connectivity index (χ0) is 29.1. The molecule has 0 aromatic heterocycles. The van der Waals surface area contributed by atoms with Gasteiger partial charge in [-0.2, -0.15) is 13.2 Å². The number of sulfonamides is 1. The van der Waals surface area contributed by atoms with Crippen LogP contribution in [0.5, 0.6) is 0 Å². The molecule has 0 bridgehead atoms. The maximum Gasteiger partial charge on any atom is 0.417 e. The average Bonchev–Trinajstić information content (AvgIpc) is 2.92. The summed E-state index contributed by atoms with van der Waals surface area (Å²) >= 11 is 5.76. The number of rotatable bonds is 7. The van der Waals surface area contributed by atoms with Crippen molar-refractivity contribution in [1.29, 1.82) is 0 Å². The Bertz CT molecular complexity index is 1510. The SMILES string of the molecule is Cc1ccc(S(=O)(=O)N(CC(=O)Nc2ccccc2C(=O)N2CCCCC2)c2ccc(Cl)c(C(F)(F)F)c2)cc1. The lowest BCUT2D eigenvalue weighted by molar-refractivity contribution is -0.137. The molecule has 3 aromatic rings. The number of hydrogen-bond acceptors (Lipinski definition) is 4. The summed E-state index contributed by atoms with van der Waals surface area (Å²) < 4.78 is 68.7. The number of carbonyl (C=O) groups is 2. The van der Waals surface area contributed by atoms with Gasteiger partial charge in [0.25, 0.3) is 15.9 Å². The third-order valence-corrected chi connectivity index (χ3v) is 8.63. The van der Waals surface area contributed by atoms with Crippen molar-refractivity contribution in [2.75, 3.05) is 29.3 Å². The molecule has 2 amide bonds. The quantitative estimate of drug-likeness (QED) is 0.357. The normalized spacial score (nSPS) is 14.1. The number of amides is 2. The van der Waals surface area contributed by atoms with Crippen molar-refractivity contribution in [3.63, 3.8) is 0 Å². The first-order chi connectivity index (χ1) is 18.9. The van der Waals surface area contributed by atoms with Gasteiger partial charge in [-0.25, -0.2) is 8.42 Å². The van der Waals surface area contributed by atoms with Gasteiger partial charge in [-0.15, -0.1) is 0 Å². The molecule has 0 saturated carbocycles. The number of carbonyl (C=O) groups excluding carboxylic acids is 2. The molecule has 1 fully saturated rings. The molecule has 1 saturated heterocycles. The van der Waals surface area contributed by atoms with Crippen molar-refractivity contribution in [3.8, 4) is 0 Å². The lowest BCUT2D eigenvalue weighted by Crippen LogP contribution is -2.39. The second-order valence-corrected chi connectivity index (χ2v) is 11.7. The van der Waals surface area contributed by atoms with Crippen LogP contribution in [0.1, 0.15) is 40.7 Å². The molecule has 0 unspecified atom stereocenters. The largest absolute Gasteiger partial charge is 0.417 e. The smallest absolute Gasteiger partial charge is 0.339 e. The monoisotopic (exact) mass is 593 g/mol. The maximum atomic E-state index is 13.6. The number of likely N-dealkylation sites (tertiary alicyclic amines) is 1. The van der Waals surface area contributed by atoms with E-state index in [1.807, 2.05) is 0 Å². The van der Waals surface area contributed by atoms with Crippen LogP contribution >= 0.6 is 11.6 Å². The number of anilines is 2. The van der Waals surface area contributed by atoms with Crippen molar-refractivity contribution >= 4 is 44.8 Å². The van der Waals surface area contributed by atoms with Crippen molar-refractivity contribution in [2.24, 2.45) is 0 Å². The van der Waals surface area contributed by atoms with Crippen LogP contribution in [0.2, 0.25) is 5.02 Å². The first-order valence-corrected chi connectivity index (χ1v) is 14.3. The van der Waals surface area contributed by atoms with Crippen molar-refractivity contribution in [1.82, 2.24) is 4.90 Å². The van der Waals surface area contributed by atoms with Gasteiger partial charge in [0.05, 0.1) is 32.4 Å². The Labute approximate surface area is 235 Å². The topological polar surface area (TPSA) is 86.8 Å². The summed E-state index contributed by atoms with van der Waals surface area (Å²) in [6, 6.07) is 14.6. The van der Waals surface area contributed by atoms with E-state index in [2.05, 4.69) is 5.32 Å². The first-order valence-electron chi connectivity index (χ1n) is 12.5. The predicted octanol–water partition coefficient (Wildman–Crippen LogP) is 6.13. The molecule has 1 heterocycles. The standard InChI is InChI=1S/C28H27ClF3N3O4S/c1-19-9-12-21(13-10-19)40(38,39)35(20-11-14-24(29)23(17-20)28(30,31)32)18-26(36)33-25-8-4-3-7-22(25)27(37)34-15-5-2-6-16-34/h3-4,7-14,17H,2,5-6,15-16,18H2,1H3,(H,33,36). The molecular formula is C28H27ClF3N3O4S. The van der Waals surface area contributed by atoms with Crippen LogP contribution in [0.3, 0.4) is 0 Å². The molecule has 4 rings (SSSR count). The third kappa shape index (κ3) is 6.59. The zero-order valence-corrected chi connectivity index (χ0v) is 23.1. The Morgan fingerprint density at radius 1 is 0.975 bits per heavy atom. The molecule has 1 aliphatic rings. The molecule has 212 valence electrons. The number of benzene rings is 3. The average molecular weight is 594 g/mol. The fraction of sp³-hybridized carbons (Fsp3) is 0.286. The summed E-state index contributed by atoms with van der Waals surface area (Å²) in [6.07, 6.45) is -2.10. The zero-order valence-electron chi connectivity index (χ0n) is 21.5. The minimum Gasteiger partial charge on any atom is -0.339 e. The van der Waals surface area contributed by atoms with Crippen LogP contribution < -0.4 is 9.62 Å². The second kappa shape index (κ2) is 11.9. The number of nitrogens with one attached hydrogen (secondary N) is 1. The molecule has 1 N–H and O–H groups in total. The van der Waals surface area contributed by atoms with Gasteiger partial charge < -0.3 is 10.2 Å². The number of nitrogens with zero attached hydrogens (tertiary/aromatic N) is 2. The number of aryl methyl sites for hydroxylation is 1. The summed E-state index contributed by atoms with van der Waals surface area (Å²) in [5.74, 6) is -1.12. The molecule has 0 atom stereocenters. The summed E-state index contributed by atoms with van der Waals surface area (Å²) in [4.78, 5) is 27.8. The van der Waals surface area contributed by atoms with Gasteiger partial charge in [-0.3, -0.25) is 13.9 Å². The van der Waals surface area contributed by atoms with Gasteiger partial charge in [0, 0.05) is 13.1 Å². The lowest BCUT2D eigenvalue weighted by Gasteiger charge is -2.28. The van der Waals surface area contributed by atoms with Crippen molar-refractivity contribution in [3.05, 3.63) is 88.4 Å². The van der Waals surface area contributed by atoms with Crippen LogP contribution in [0.25, 0.3) is 0 Å². The first kappa shape index (κ1) is 29.4. The van der Waals surface area contributed by atoms with Crippen LogP contribution in [0.4, 0.5) is 24.5 Å². The molecule has 7 nitrogen and oxygen atoms in total. The minimum absolute atomic E-state index is 0.169. The molecule has 1 aliphatic heterocycles. The van der Waals surface area contributed by atoms with Gasteiger partial charge in [-0.05, 0) is 68.7 Å². The van der Waals surface area contributed by atoms with Gasteiger partial charge in [0.2, 0.25) is 5.91 Å². The Morgan fingerprint density at radius 2 is 1.62 bits per heavy atom. The summed E-state index contributed by atoms with van der Waals surface area (Å²) in [5, 5.41) is 1.97. The summed E-state index contributed by atoms with van der Waals surface area (Å²) in [5.41, 5.74) is -0.470. The number of hydrogen-bond donors (Lipinski definition) is 1. The van der Waals surface area contributed by atoms with Crippen LogP contribution in [0.15, 0.2) is 71.6 Å². The highest BCUT2D eigenvalue weighted by molar-refractivity contribution is 7.92. The number of para-hydroxylation sites is 1. The lowest BCUT2D eigenvalue weighted by atomic mass is 10.1. The van der Waals surface area contributed by atoms with Gasteiger partial charge in [0.1, 0.15) is 6.54 Å². The molecular weight excluding hydrogens is 567 g/mol. The summed E-state index contributed by atoms with van der Waals surface area (Å²) in [7, 11) is -4.49. The van der Waals surface area contributed by atoms with Crippen LogP contribution in [0, 0.1) is 6.92 Å². The van der Waals surface area contributed by atoms with Gasteiger partial charge in [-0.1, -0.05) is 41.4 Å². The Hall–Kier alpha value is -3.57. The highest BCUT2D eigenvalue weighted by atomic mass is 35.5. The van der Waals surface area contributed by atoms with Crippen LogP contribution in [-0.2, 0) is 21.0 Å². The number of piperidine rings is 1. The number of halogens is 4. The Morgan fingerprint density at radius 3 is 2.27 bits per heavy atom. The number of alkyl halides is 3. The fourth-order valence-electron chi connectivity index (χ4n) is 4.40. The molecule has 12 heteroatoms. The van der Waals surface area contributed by atoms with E-state index in [1.54, 1.807) is 30.0 Å². The van der Waals surface area contributed by atoms with E-state index in [-0.39, 0.29) is 22.1 Å². The Balaban J connectivity index is 1.69. The van der Waals surface area contributed by atoms with E-state index < -0.39 is 44.9 Å². The molecule has 0 aliphatic carbocycles. The van der Waals surface area contributed by atoms with E-state index in [4.69, 9.17) is 11.6 Å². The highest BCUT2D eigenvalue weighted by Crippen LogP contribution is 2.38. The minimum atomic E-state index is -4.86. The van der Waals surface area contributed by atoms with Crippen molar-refractivity contribution in [2.45, 2.75) is 37.3 Å². The molecule has 3 aromatic carbocycles. The van der Waals surface area contributed by atoms with E-state index >= 15 is 0 Å². The van der Waals surface area contributed by atoms with Gasteiger partial charge in [0.15, 0.2) is 0 Å². The van der Waals surface area contributed by atoms with E-state index in [1.165, 1.54) is 30.3 Å². The maximum absolute atomic E-state index is 13.6. The van der Waals surface area contributed by atoms with E-state index in [0.29, 0.717) is 23.5 Å².